The van der Waals surface area contributed by atoms with E-state index in [-0.39, 0.29) is 22.8 Å². The molecular weight excluding hydrogens is 318 g/mol. The second-order valence-corrected chi connectivity index (χ2v) is 5.59. The average molecular weight is 329 g/mol. The van der Waals surface area contributed by atoms with Crippen molar-refractivity contribution in [3.63, 3.8) is 0 Å². The van der Waals surface area contributed by atoms with Gasteiger partial charge in [-0.3, -0.25) is 14.9 Å². The van der Waals surface area contributed by atoms with Gasteiger partial charge in [-0.1, -0.05) is 6.07 Å². The predicted octanol–water partition coefficient (Wildman–Crippen LogP) is 2.17. The van der Waals surface area contributed by atoms with Gasteiger partial charge in [0.05, 0.1) is 11.5 Å². The number of nitrogens with zero attached hydrogens (tertiary/aromatic N) is 4. The van der Waals surface area contributed by atoms with E-state index in [2.05, 4.69) is 15.4 Å². The summed E-state index contributed by atoms with van der Waals surface area (Å²) in [6, 6.07) is 8.03. The van der Waals surface area contributed by atoms with Gasteiger partial charge in [0.15, 0.2) is 0 Å². The minimum atomic E-state index is -0.549. The SMILES string of the molecule is O=C(NCc1cccs1)c1ccc(-n2cncn2)c([N+](=O)[O-])c1. The first-order valence-electron chi connectivity index (χ1n) is 6.59. The number of aromatic nitrogens is 3. The summed E-state index contributed by atoms with van der Waals surface area (Å²) in [5.41, 5.74) is 0.263. The van der Waals surface area contributed by atoms with Gasteiger partial charge in [-0.25, -0.2) is 9.67 Å². The third-order valence-corrected chi connectivity index (χ3v) is 3.98. The number of nitrogens with one attached hydrogen (secondary N) is 1. The molecule has 116 valence electrons. The van der Waals surface area contributed by atoms with Gasteiger partial charge in [-0.15, -0.1) is 11.3 Å². The minimum Gasteiger partial charge on any atom is -0.347 e. The quantitative estimate of drug-likeness (QED) is 0.571. The number of benzene rings is 1. The molecule has 0 aliphatic rings. The number of amides is 1. The Labute approximate surface area is 134 Å². The van der Waals surface area contributed by atoms with Crippen LogP contribution in [0.2, 0.25) is 0 Å². The highest BCUT2D eigenvalue weighted by molar-refractivity contribution is 7.09. The number of carbonyl (C=O) groups excluding carboxylic acids is 1. The fourth-order valence-corrected chi connectivity index (χ4v) is 2.66. The van der Waals surface area contributed by atoms with Crippen LogP contribution in [0.5, 0.6) is 0 Å². The van der Waals surface area contributed by atoms with E-state index in [0.29, 0.717) is 6.54 Å². The molecule has 0 spiro atoms. The van der Waals surface area contributed by atoms with Crippen LogP contribution in [0.3, 0.4) is 0 Å². The number of carbonyl (C=O) groups is 1. The first-order valence-corrected chi connectivity index (χ1v) is 7.47. The number of thiophene rings is 1. The molecule has 2 heterocycles. The number of hydrogen-bond donors (Lipinski definition) is 1. The fraction of sp³-hybridized carbons (Fsp3) is 0.0714. The summed E-state index contributed by atoms with van der Waals surface area (Å²) >= 11 is 1.53. The van der Waals surface area contributed by atoms with E-state index in [1.165, 1.54) is 46.9 Å². The van der Waals surface area contributed by atoms with E-state index in [1.807, 2.05) is 17.5 Å². The molecule has 3 aromatic rings. The maximum Gasteiger partial charge on any atom is 0.295 e. The van der Waals surface area contributed by atoms with Crippen molar-refractivity contribution in [1.82, 2.24) is 20.1 Å². The van der Waals surface area contributed by atoms with Crippen LogP contribution < -0.4 is 5.32 Å². The Morgan fingerprint density at radius 1 is 1.39 bits per heavy atom. The van der Waals surface area contributed by atoms with Crippen LogP contribution >= 0.6 is 11.3 Å². The Hall–Kier alpha value is -3.07. The lowest BCUT2D eigenvalue weighted by molar-refractivity contribution is -0.384. The summed E-state index contributed by atoms with van der Waals surface area (Å²) in [6.45, 7) is 0.384. The van der Waals surface area contributed by atoms with E-state index in [1.54, 1.807) is 0 Å². The van der Waals surface area contributed by atoms with E-state index in [0.717, 1.165) is 4.88 Å². The molecule has 0 aliphatic carbocycles. The highest BCUT2D eigenvalue weighted by atomic mass is 32.1. The summed E-state index contributed by atoms with van der Waals surface area (Å²) in [4.78, 5) is 27.6. The maximum absolute atomic E-state index is 12.1. The van der Waals surface area contributed by atoms with E-state index in [9.17, 15) is 14.9 Å². The molecule has 0 fully saturated rings. The molecule has 1 N–H and O–H groups in total. The summed E-state index contributed by atoms with van der Waals surface area (Å²) in [7, 11) is 0. The lowest BCUT2D eigenvalue weighted by Crippen LogP contribution is -2.22. The van der Waals surface area contributed by atoms with Crippen molar-refractivity contribution in [2.24, 2.45) is 0 Å². The Morgan fingerprint density at radius 2 is 2.26 bits per heavy atom. The molecule has 2 aromatic heterocycles. The lowest BCUT2D eigenvalue weighted by Gasteiger charge is -2.06. The zero-order valence-electron chi connectivity index (χ0n) is 11.7. The summed E-state index contributed by atoms with van der Waals surface area (Å²) in [5.74, 6) is -0.369. The summed E-state index contributed by atoms with van der Waals surface area (Å²) < 4.78 is 1.28. The maximum atomic E-state index is 12.1. The summed E-state index contributed by atoms with van der Waals surface area (Å²) in [5, 5.41) is 19.8. The molecule has 0 unspecified atom stereocenters. The highest BCUT2D eigenvalue weighted by Crippen LogP contribution is 2.23. The normalized spacial score (nSPS) is 10.4. The van der Waals surface area contributed by atoms with Crippen LogP contribution in [0.4, 0.5) is 5.69 Å². The zero-order chi connectivity index (χ0) is 16.2. The molecule has 9 heteroatoms. The predicted molar refractivity (Wildman–Crippen MR) is 83.5 cm³/mol. The van der Waals surface area contributed by atoms with Crippen molar-refractivity contribution in [1.29, 1.82) is 0 Å². The summed E-state index contributed by atoms with van der Waals surface area (Å²) in [6.07, 6.45) is 2.64. The van der Waals surface area contributed by atoms with Crippen molar-refractivity contribution in [3.05, 3.63) is 68.9 Å². The van der Waals surface area contributed by atoms with Gasteiger partial charge in [0.1, 0.15) is 18.3 Å². The molecule has 0 aliphatic heterocycles. The monoisotopic (exact) mass is 329 g/mol. The van der Waals surface area contributed by atoms with Crippen LogP contribution in [0, 0.1) is 10.1 Å². The largest absolute Gasteiger partial charge is 0.347 e. The Bertz CT molecular complexity index is 830. The Balaban J connectivity index is 1.84. The second kappa shape index (κ2) is 6.36. The van der Waals surface area contributed by atoms with Gasteiger partial charge in [0, 0.05) is 16.5 Å². The van der Waals surface area contributed by atoms with Crippen molar-refractivity contribution < 1.29 is 9.72 Å². The Kier molecular flexibility index (Phi) is 4.11. The second-order valence-electron chi connectivity index (χ2n) is 4.56. The van der Waals surface area contributed by atoms with Gasteiger partial charge in [0.2, 0.25) is 0 Å². The third kappa shape index (κ3) is 3.24. The number of rotatable bonds is 5. The van der Waals surface area contributed by atoms with Crippen molar-refractivity contribution in [2.45, 2.75) is 6.54 Å². The van der Waals surface area contributed by atoms with Crippen molar-refractivity contribution in [3.8, 4) is 5.69 Å². The fourth-order valence-electron chi connectivity index (χ4n) is 2.02. The Morgan fingerprint density at radius 3 is 2.91 bits per heavy atom. The van der Waals surface area contributed by atoms with Crippen LogP contribution in [0.15, 0.2) is 48.4 Å². The number of nitro groups is 1. The molecule has 0 saturated carbocycles. The molecule has 0 saturated heterocycles. The molecule has 8 nitrogen and oxygen atoms in total. The van der Waals surface area contributed by atoms with Crippen LogP contribution in [-0.4, -0.2) is 25.6 Å². The first-order chi connectivity index (χ1) is 11.1. The molecule has 23 heavy (non-hydrogen) atoms. The van der Waals surface area contributed by atoms with Gasteiger partial charge in [-0.05, 0) is 23.6 Å². The molecule has 1 amide bonds. The van der Waals surface area contributed by atoms with Gasteiger partial charge < -0.3 is 5.32 Å². The van der Waals surface area contributed by atoms with Crippen LogP contribution in [0.1, 0.15) is 15.2 Å². The lowest BCUT2D eigenvalue weighted by atomic mass is 10.1. The molecular formula is C14H11N5O3S. The highest BCUT2D eigenvalue weighted by Gasteiger charge is 2.19. The average Bonchev–Trinajstić information content (AvgIpc) is 3.25. The molecule has 3 rings (SSSR count). The number of hydrogen-bond acceptors (Lipinski definition) is 6. The minimum absolute atomic E-state index is 0.209. The van der Waals surface area contributed by atoms with E-state index < -0.39 is 4.92 Å². The zero-order valence-corrected chi connectivity index (χ0v) is 12.6. The number of nitro benzene ring substituents is 1. The molecule has 0 atom stereocenters. The standard InChI is InChI=1S/C14H11N5O3S/c20-14(16-7-11-2-1-5-23-11)10-3-4-12(13(6-10)19(21)22)18-9-15-8-17-18/h1-6,8-9H,7H2,(H,16,20). The molecule has 0 radical (unpaired) electrons. The van der Waals surface area contributed by atoms with Gasteiger partial charge in [0.25, 0.3) is 11.6 Å². The smallest absolute Gasteiger partial charge is 0.295 e. The first kappa shape index (κ1) is 14.9. The molecule has 0 bridgehead atoms. The van der Waals surface area contributed by atoms with Crippen molar-refractivity contribution >= 4 is 22.9 Å². The van der Waals surface area contributed by atoms with Crippen LogP contribution in [0.25, 0.3) is 5.69 Å². The van der Waals surface area contributed by atoms with Gasteiger partial charge in [-0.2, -0.15) is 5.10 Å². The van der Waals surface area contributed by atoms with Crippen LogP contribution in [-0.2, 0) is 6.54 Å². The van der Waals surface area contributed by atoms with E-state index in [4.69, 9.17) is 0 Å². The third-order valence-electron chi connectivity index (χ3n) is 3.10. The van der Waals surface area contributed by atoms with Crippen molar-refractivity contribution in [2.75, 3.05) is 0 Å². The van der Waals surface area contributed by atoms with Gasteiger partial charge >= 0.3 is 0 Å². The van der Waals surface area contributed by atoms with E-state index >= 15 is 0 Å². The molecule has 1 aromatic carbocycles. The topological polar surface area (TPSA) is 103 Å².